The summed E-state index contributed by atoms with van der Waals surface area (Å²) in [6.45, 7) is 2.00. The van der Waals surface area contributed by atoms with Crippen LogP contribution in [0.3, 0.4) is 0 Å². The van der Waals surface area contributed by atoms with E-state index in [9.17, 15) is 4.79 Å². The van der Waals surface area contributed by atoms with Crippen molar-refractivity contribution in [3.63, 3.8) is 0 Å². The first-order valence-corrected chi connectivity index (χ1v) is 11.2. The lowest BCUT2D eigenvalue weighted by Crippen LogP contribution is -2.46. The highest BCUT2D eigenvalue weighted by Crippen LogP contribution is 2.31. The molecule has 6 heteroatoms. The van der Waals surface area contributed by atoms with E-state index >= 15 is 0 Å². The van der Waals surface area contributed by atoms with Gasteiger partial charge < -0.3 is 9.47 Å². The van der Waals surface area contributed by atoms with Gasteiger partial charge in [-0.05, 0) is 31.5 Å². The van der Waals surface area contributed by atoms with Crippen molar-refractivity contribution in [3.8, 4) is 11.5 Å². The number of hydrogen-bond acceptors (Lipinski definition) is 6. The van der Waals surface area contributed by atoms with Crippen LogP contribution < -0.4 is 9.47 Å². The Morgan fingerprint density at radius 2 is 1.92 bits per heavy atom. The van der Waals surface area contributed by atoms with Crippen LogP contribution in [0.1, 0.15) is 23.2 Å². The molecule has 2 heterocycles. The number of carbonyl (C=O) groups is 1. The lowest BCUT2D eigenvalue weighted by Gasteiger charge is -2.37. The van der Waals surface area contributed by atoms with E-state index in [0.717, 1.165) is 25.9 Å². The van der Waals surface area contributed by atoms with Crippen LogP contribution in [0.25, 0.3) is 0 Å². The third kappa shape index (κ3) is 4.66. The Morgan fingerprint density at radius 3 is 2.60 bits per heavy atom. The number of ether oxygens (including phenoxy) is 2. The number of carbonyl (C=O) groups excluding carboxylic acids is 1. The Balaban J connectivity index is 1.71. The lowest BCUT2D eigenvalue weighted by molar-refractivity contribution is 0.0784. The van der Waals surface area contributed by atoms with Gasteiger partial charge in [0, 0.05) is 47.6 Å². The van der Waals surface area contributed by atoms with Gasteiger partial charge in [-0.25, -0.2) is 0 Å². The fourth-order valence-corrected chi connectivity index (χ4v) is 6.22. The smallest absolute Gasteiger partial charge is 0.170 e. The van der Waals surface area contributed by atoms with Crippen LogP contribution in [-0.2, 0) is 0 Å². The van der Waals surface area contributed by atoms with E-state index in [-0.39, 0.29) is 11.7 Å². The van der Waals surface area contributed by atoms with Crippen LogP contribution in [-0.4, -0.2) is 67.0 Å². The highest BCUT2D eigenvalue weighted by atomic mass is 32.2. The minimum Gasteiger partial charge on any atom is -0.497 e. The first kappa shape index (κ1) is 18.9. The topological polar surface area (TPSA) is 38.8 Å². The van der Waals surface area contributed by atoms with Crippen LogP contribution in [0.4, 0.5) is 0 Å². The molecule has 0 N–H and O–H groups in total. The Morgan fingerprint density at radius 1 is 1.16 bits per heavy atom. The molecule has 25 heavy (non-hydrogen) atoms. The quantitative estimate of drug-likeness (QED) is 0.728. The molecular weight excluding hydrogens is 354 g/mol. The van der Waals surface area contributed by atoms with Gasteiger partial charge >= 0.3 is 0 Å². The maximum absolute atomic E-state index is 13.1. The average Bonchev–Trinajstić information content (AvgIpc) is 2.96. The van der Waals surface area contributed by atoms with Gasteiger partial charge in [0.1, 0.15) is 11.5 Å². The van der Waals surface area contributed by atoms with Crippen LogP contribution >= 0.6 is 23.5 Å². The predicted molar refractivity (Wildman–Crippen MR) is 107 cm³/mol. The molecule has 2 saturated heterocycles. The zero-order valence-corrected chi connectivity index (χ0v) is 16.7. The summed E-state index contributed by atoms with van der Waals surface area (Å²) < 4.78 is 10.7. The van der Waals surface area contributed by atoms with Gasteiger partial charge in [-0.15, -0.1) is 0 Å². The molecule has 0 aromatic heterocycles. The molecule has 0 unspecified atom stereocenters. The van der Waals surface area contributed by atoms with Crippen LogP contribution in [0.5, 0.6) is 11.5 Å². The Hall–Kier alpha value is -0.850. The summed E-state index contributed by atoms with van der Waals surface area (Å²) in [5, 5.41) is 0. The fraction of sp³-hybridized carbons (Fsp3) is 0.632. The molecule has 3 rings (SSSR count). The zero-order valence-electron chi connectivity index (χ0n) is 15.0. The summed E-state index contributed by atoms with van der Waals surface area (Å²) >= 11 is 4.10. The molecule has 2 aliphatic heterocycles. The Bertz CT molecular complexity index is 588. The summed E-state index contributed by atoms with van der Waals surface area (Å²) in [5.74, 6) is 6.49. The molecule has 1 aromatic carbocycles. The maximum atomic E-state index is 13.1. The normalized spacial score (nSPS) is 23.0. The SMILES string of the molecule is COc1ccc(C(=O)[C@@H]2CCCN(C3CSCCSC3)C2)c(OC)c1. The van der Waals surface area contributed by atoms with Crippen molar-refractivity contribution >= 4 is 29.3 Å². The number of benzene rings is 1. The van der Waals surface area contributed by atoms with Gasteiger partial charge in [0.2, 0.25) is 0 Å². The lowest BCUT2D eigenvalue weighted by atomic mass is 9.89. The van der Waals surface area contributed by atoms with Crippen LogP contribution in [0, 0.1) is 5.92 Å². The zero-order chi connectivity index (χ0) is 17.6. The summed E-state index contributed by atoms with van der Waals surface area (Å²) in [6.07, 6.45) is 2.07. The van der Waals surface area contributed by atoms with Crippen LogP contribution in [0.2, 0.25) is 0 Å². The fourth-order valence-electron chi connectivity index (χ4n) is 3.59. The van der Waals surface area contributed by atoms with Crippen molar-refractivity contribution < 1.29 is 14.3 Å². The maximum Gasteiger partial charge on any atom is 0.170 e. The number of ketones is 1. The van der Waals surface area contributed by atoms with Gasteiger partial charge in [0.15, 0.2) is 5.78 Å². The van der Waals surface area contributed by atoms with E-state index < -0.39 is 0 Å². The number of thioether (sulfide) groups is 2. The molecule has 138 valence electrons. The predicted octanol–water partition coefficient (Wildman–Crippen LogP) is 3.45. The number of nitrogens with zero attached hydrogens (tertiary/aromatic N) is 1. The molecule has 0 amide bonds. The first-order valence-electron chi connectivity index (χ1n) is 8.88. The first-order chi connectivity index (χ1) is 12.2. The second-order valence-corrected chi connectivity index (χ2v) is 8.87. The number of rotatable bonds is 5. The van der Waals surface area contributed by atoms with Crippen molar-refractivity contribution in [2.75, 3.05) is 50.3 Å². The van der Waals surface area contributed by atoms with E-state index in [2.05, 4.69) is 28.4 Å². The molecule has 2 aliphatic rings. The third-order valence-electron chi connectivity index (χ3n) is 5.01. The molecule has 0 aliphatic carbocycles. The molecule has 2 fully saturated rings. The van der Waals surface area contributed by atoms with E-state index in [1.807, 2.05) is 12.1 Å². The molecule has 1 aromatic rings. The van der Waals surface area contributed by atoms with Crippen molar-refractivity contribution in [1.82, 2.24) is 4.90 Å². The largest absolute Gasteiger partial charge is 0.497 e. The minimum atomic E-state index is 0.0642. The van der Waals surface area contributed by atoms with Crippen molar-refractivity contribution in [2.45, 2.75) is 18.9 Å². The molecule has 4 nitrogen and oxygen atoms in total. The Labute approximate surface area is 159 Å². The highest BCUT2D eigenvalue weighted by Gasteiger charge is 2.32. The molecule has 0 spiro atoms. The van der Waals surface area contributed by atoms with E-state index in [0.29, 0.717) is 23.1 Å². The summed E-state index contributed by atoms with van der Waals surface area (Å²) in [4.78, 5) is 15.7. The number of likely N-dealkylation sites (tertiary alicyclic amines) is 1. The third-order valence-corrected chi connectivity index (χ3v) is 7.49. The molecular formula is C19H27NO3S2. The van der Waals surface area contributed by atoms with Crippen molar-refractivity contribution in [1.29, 1.82) is 0 Å². The highest BCUT2D eigenvalue weighted by molar-refractivity contribution is 8.03. The van der Waals surface area contributed by atoms with Crippen LogP contribution in [0.15, 0.2) is 18.2 Å². The summed E-state index contributed by atoms with van der Waals surface area (Å²) in [6, 6.07) is 6.09. The summed E-state index contributed by atoms with van der Waals surface area (Å²) in [5.41, 5.74) is 0.680. The monoisotopic (exact) mass is 381 g/mol. The van der Waals surface area contributed by atoms with Crippen molar-refractivity contribution in [2.24, 2.45) is 5.92 Å². The molecule has 0 saturated carbocycles. The van der Waals surface area contributed by atoms with Gasteiger partial charge in [0.05, 0.1) is 19.8 Å². The number of piperidine rings is 1. The standard InChI is InChI=1S/C19H27NO3S2/c1-22-16-5-6-17(18(10-16)23-2)19(21)14-4-3-7-20(11-14)15-12-24-8-9-25-13-15/h5-6,10,14-15H,3-4,7-9,11-13H2,1-2H3/t14-/m1/s1. The van der Waals surface area contributed by atoms with Crippen molar-refractivity contribution in [3.05, 3.63) is 23.8 Å². The van der Waals surface area contributed by atoms with Gasteiger partial charge in [-0.2, -0.15) is 23.5 Å². The second kappa shape index (κ2) is 9.19. The molecule has 0 bridgehead atoms. The van der Waals surface area contributed by atoms with Gasteiger partial charge in [-0.1, -0.05) is 0 Å². The minimum absolute atomic E-state index is 0.0642. The van der Waals surface area contributed by atoms with Gasteiger partial charge in [-0.3, -0.25) is 9.69 Å². The number of methoxy groups -OCH3 is 2. The molecule has 0 radical (unpaired) electrons. The number of hydrogen-bond donors (Lipinski definition) is 0. The van der Waals surface area contributed by atoms with E-state index in [1.54, 1.807) is 20.3 Å². The average molecular weight is 382 g/mol. The number of Topliss-reactive ketones (excluding diaryl/α,β-unsaturated/α-hetero) is 1. The molecule has 1 atom stereocenters. The Kier molecular flexibility index (Phi) is 6.96. The van der Waals surface area contributed by atoms with E-state index in [4.69, 9.17) is 9.47 Å². The second-order valence-electron chi connectivity index (χ2n) is 6.57. The van der Waals surface area contributed by atoms with E-state index in [1.165, 1.54) is 23.0 Å². The summed E-state index contributed by atoms with van der Waals surface area (Å²) in [7, 11) is 3.23. The van der Waals surface area contributed by atoms with Gasteiger partial charge in [0.25, 0.3) is 0 Å².